The highest BCUT2D eigenvalue weighted by atomic mass is 32.2. The molecule has 1 aromatic carbocycles. The van der Waals surface area contributed by atoms with Gasteiger partial charge >= 0.3 is 0 Å². The summed E-state index contributed by atoms with van der Waals surface area (Å²) in [5, 5.41) is 0.124. The van der Waals surface area contributed by atoms with Crippen molar-refractivity contribution in [2.75, 3.05) is 51.8 Å². The number of thioether (sulfide) groups is 1. The summed E-state index contributed by atoms with van der Waals surface area (Å²) in [6.07, 6.45) is 0. The fourth-order valence-corrected chi connectivity index (χ4v) is 4.16. The first kappa shape index (κ1) is 16.6. The van der Waals surface area contributed by atoms with Gasteiger partial charge < -0.3 is 14.4 Å². The van der Waals surface area contributed by atoms with Gasteiger partial charge in [0, 0.05) is 26.2 Å². The molecule has 0 bridgehead atoms. The molecule has 0 aliphatic carbocycles. The minimum absolute atomic E-state index is 0.124. The molecule has 2 heterocycles. The van der Waals surface area contributed by atoms with Crippen molar-refractivity contribution in [3.05, 3.63) is 29.8 Å². The SMILES string of the molecule is CCOc1ccc(C2SCC(=O)N2CCN2CCOCC2)cc1. The average Bonchev–Trinajstić information content (AvgIpc) is 2.96. The molecule has 126 valence electrons. The highest BCUT2D eigenvalue weighted by molar-refractivity contribution is 8.00. The van der Waals surface area contributed by atoms with Crippen molar-refractivity contribution >= 4 is 17.7 Å². The second-order valence-corrected chi connectivity index (χ2v) is 6.78. The average molecular weight is 336 g/mol. The van der Waals surface area contributed by atoms with E-state index in [1.165, 1.54) is 5.56 Å². The summed E-state index contributed by atoms with van der Waals surface area (Å²) in [4.78, 5) is 16.6. The highest BCUT2D eigenvalue weighted by Crippen LogP contribution is 2.38. The van der Waals surface area contributed by atoms with Gasteiger partial charge in [-0.3, -0.25) is 9.69 Å². The number of nitrogens with zero attached hydrogens (tertiary/aromatic N) is 2. The Morgan fingerprint density at radius 1 is 1.22 bits per heavy atom. The standard InChI is InChI=1S/C17H24N2O3S/c1-2-22-15-5-3-14(4-6-15)17-19(16(20)13-23-17)8-7-18-9-11-21-12-10-18/h3-6,17H,2,7-13H2,1H3. The van der Waals surface area contributed by atoms with Crippen LogP contribution in [0.15, 0.2) is 24.3 Å². The maximum Gasteiger partial charge on any atom is 0.233 e. The highest BCUT2D eigenvalue weighted by Gasteiger charge is 2.32. The van der Waals surface area contributed by atoms with Crippen LogP contribution < -0.4 is 4.74 Å². The van der Waals surface area contributed by atoms with Crippen LogP contribution in [-0.4, -0.2) is 67.5 Å². The Balaban J connectivity index is 1.61. The Morgan fingerprint density at radius 2 is 1.96 bits per heavy atom. The summed E-state index contributed by atoms with van der Waals surface area (Å²) >= 11 is 1.71. The predicted molar refractivity (Wildman–Crippen MR) is 91.8 cm³/mol. The number of carbonyl (C=O) groups is 1. The lowest BCUT2D eigenvalue weighted by molar-refractivity contribution is -0.128. The Hall–Kier alpha value is -1.24. The quantitative estimate of drug-likeness (QED) is 0.795. The van der Waals surface area contributed by atoms with Gasteiger partial charge in [-0.2, -0.15) is 0 Å². The van der Waals surface area contributed by atoms with Crippen LogP contribution in [0.1, 0.15) is 17.9 Å². The molecule has 2 fully saturated rings. The molecule has 23 heavy (non-hydrogen) atoms. The van der Waals surface area contributed by atoms with E-state index in [1.807, 2.05) is 24.0 Å². The van der Waals surface area contributed by atoms with E-state index >= 15 is 0 Å². The zero-order valence-electron chi connectivity index (χ0n) is 13.6. The molecule has 2 aliphatic rings. The second-order valence-electron chi connectivity index (χ2n) is 5.71. The first-order chi connectivity index (χ1) is 11.3. The molecule has 3 rings (SSSR count). The lowest BCUT2D eigenvalue weighted by atomic mass is 10.2. The van der Waals surface area contributed by atoms with Crippen LogP contribution in [0.5, 0.6) is 5.75 Å². The molecule has 2 saturated heterocycles. The first-order valence-electron chi connectivity index (χ1n) is 8.22. The Labute approximate surface area is 141 Å². The van der Waals surface area contributed by atoms with Crippen LogP contribution in [0.3, 0.4) is 0 Å². The number of benzene rings is 1. The number of rotatable bonds is 6. The van der Waals surface area contributed by atoms with Crippen LogP contribution in [0.25, 0.3) is 0 Å². The summed E-state index contributed by atoms with van der Waals surface area (Å²) in [5.41, 5.74) is 1.17. The fourth-order valence-electron chi connectivity index (χ4n) is 2.94. The maximum absolute atomic E-state index is 12.2. The Kier molecular flexibility index (Phi) is 5.80. The zero-order chi connectivity index (χ0) is 16.1. The topological polar surface area (TPSA) is 42.0 Å². The lowest BCUT2D eigenvalue weighted by Crippen LogP contribution is -2.42. The summed E-state index contributed by atoms with van der Waals surface area (Å²) < 4.78 is 10.9. The van der Waals surface area contributed by atoms with Crippen molar-refractivity contribution in [1.29, 1.82) is 0 Å². The summed E-state index contributed by atoms with van der Waals surface area (Å²) in [5.74, 6) is 1.69. The molecule has 0 N–H and O–H groups in total. The van der Waals surface area contributed by atoms with E-state index in [1.54, 1.807) is 11.8 Å². The van der Waals surface area contributed by atoms with Gasteiger partial charge in [0.2, 0.25) is 5.91 Å². The van der Waals surface area contributed by atoms with E-state index in [0.717, 1.165) is 45.1 Å². The van der Waals surface area contributed by atoms with Crippen molar-refractivity contribution in [2.24, 2.45) is 0 Å². The van der Waals surface area contributed by atoms with Gasteiger partial charge in [0.05, 0.1) is 25.6 Å². The van der Waals surface area contributed by atoms with Crippen LogP contribution in [0, 0.1) is 0 Å². The van der Waals surface area contributed by atoms with Gasteiger partial charge in [-0.25, -0.2) is 0 Å². The predicted octanol–water partition coefficient (Wildman–Crippen LogP) is 1.99. The minimum Gasteiger partial charge on any atom is -0.494 e. The molecule has 2 aliphatic heterocycles. The van der Waals surface area contributed by atoms with E-state index in [-0.39, 0.29) is 11.3 Å². The van der Waals surface area contributed by atoms with E-state index in [9.17, 15) is 4.79 Å². The number of morpholine rings is 1. The normalized spacial score (nSPS) is 22.6. The lowest BCUT2D eigenvalue weighted by Gasteiger charge is -2.30. The van der Waals surface area contributed by atoms with Crippen LogP contribution in [0.2, 0.25) is 0 Å². The molecule has 1 amide bonds. The van der Waals surface area contributed by atoms with E-state index in [0.29, 0.717) is 12.4 Å². The summed E-state index contributed by atoms with van der Waals surface area (Å²) in [6.45, 7) is 7.86. The maximum atomic E-state index is 12.2. The van der Waals surface area contributed by atoms with Crippen molar-refractivity contribution in [1.82, 2.24) is 9.80 Å². The largest absolute Gasteiger partial charge is 0.494 e. The molecule has 1 unspecified atom stereocenters. The number of carbonyl (C=O) groups excluding carboxylic acids is 1. The van der Waals surface area contributed by atoms with E-state index in [2.05, 4.69) is 17.0 Å². The van der Waals surface area contributed by atoms with Gasteiger partial charge in [0.15, 0.2) is 0 Å². The van der Waals surface area contributed by atoms with Gasteiger partial charge in [-0.1, -0.05) is 12.1 Å². The van der Waals surface area contributed by atoms with Crippen molar-refractivity contribution in [3.8, 4) is 5.75 Å². The van der Waals surface area contributed by atoms with Crippen LogP contribution >= 0.6 is 11.8 Å². The molecule has 0 aromatic heterocycles. The fraction of sp³-hybridized carbons (Fsp3) is 0.588. The molecule has 1 atom stereocenters. The van der Waals surface area contributed by atoms with Gasteiger partial charge in [0.1, 0.15) is 11.1 Å². The number of ether oxygens (including phenoxy) is 2. The summed E-state index contributed by atoms with van der Waals surface area (Å²) in [6, 6.07) is 8.12. The molecule has 6 heteroatoms. The molecule has 1 aromatic rings. The molecule has 0 radical (unpaired) electrons. The third-order valence-electron chi connectivity index (χ3n) is 4.21. The monoisotopic (exact) mass is 336 g/mol. The smallest absolute Gasteiger partial charge is 0.233 e. The van der Waals surface area contributed by atoms with Gasteiger partial charge in [0.25, 0.3) is 0 Å². The molecule has 0 spiro atoms. The third-order valence-corrected chi connectivity index (χ3v) is 5.46. The number of amides is 1. The Bertz CT molecular complexity index is 517. The minimum atomic E-state index is 0.124. The van der Waals surface area contributed by atoms with Crippen molar-refractivity contribution < 1.29 is 14.3 Å². The first-order valence-corrected chi connectivity index (χ1v) is 9.26. The second kappa shape index (κ2) is 8.04. The van der Waals surface area contributed by atoms with Gasteiger partial charge in [-0.15, -0.1) is 11.8 Å². The van der Waals surface area contributed by atoms with Crippen molar-refractivity contribution in [3.63, 3.8) is 0 Å². The number of hydrogen-bond acceptors (Lipinski definition) is 5. The zero-order valence-corrected chi connectivity index (χ0v) is 14.4. The molecule has 5 nitrogen and oxygen atoms in total. The third kappa shape index (κ3) is 4.19. The summed E-state index contributed by atoms with van der Waals surface area (Å²) in [7, 11) is 0. The van der Waals surface area contributed by atoms with Crippen LogP contribution in [-0.2, 0) is 9.53 Å². The van der Waals surface area contributed by atoms with E-state index < -0.39 is 0 Å². The Morgan fingerprint density at radius 3 is 2.65 bits per heavy atom. The van der Waals surface area contributed by atoms with Gasteiger partial charge in [-0.05, 0) is 24.6 Å². The molecule has 0 saturated carbocycles. The van der Waals surface area contributed by atoms with Crippen LogP contribution in [0.4, 0.5) is 0 Å². The molecular weight excluding hydrogens is 312 g/mol. The number of hydrogen-bond donors (Lipinski definition) is 0. The molecular formula is C17H24N2O3S. The van der Waals surface area contributed by atoms with E-state index in [4.69, 9.17) is 9.47 Å². The van der Waals surface area contributed by atoms with Crippen molar-refractivity contribution in [2.45, 2.75) is 12.3 Å².